The van der Waals surface area contributed by atoms with Crippen molar-refractivity contribution in [2.24, 2.45) is 0 Å². The van der Waals surface area contributed by atoms with Gasteiger partial charge in [0, 0.05) is 24.5 Å². The van der Waals surface area contributed by atoms with E-state index in [9.17, 15) is 4.79 Å². The first-order valence-electron chi connectivity index (χ1n) is 9.25. The summed E-state index contributed by atoms with van der Waals surface area (Å²) in [4.78, 5) is 14.2. The van der Waals surface area contributed by atoms with Crippen LogP contribution < -0.4 is 15.1 Å². The largest absolute Gasteiger partial charge is 0.486 e. The van der Waals surface area contributed by atoms with E-state index in [1.165, 1.54) is 0 Å². The number of benzene rings is 2. The van der Waals surface area contributed by atoms with Gasteiger partial charge in [-0.25, -0.2) is 4.79 Å². The lowest BCUT2D eigenvalue weighted by atomic mass is 10.1. The van der Waals surface area contributed by atoms with Crippen LogP contribution in [0.15, 0.2) is 51.7 Å². The zero-order valence-corrected chi connectivity index (χ0v) is 15.7. The molecule has 5 nitrogen and oxygen atoms in total. The molecule has 3 aromatic rings. The topological polar surface area (TPSA) is 51.9 Å². The summed E-state index contributed by atoms with van der Waals surface area (Å²) in [5.74, 6) is 1.59. The Morgan fingerprint density at radius 1 is 0.926 bits per heavy atom. The number of aryl methyl sites for hydroxylation is 1. The minimum absolute atomic E-state index is 0.307. The fourth-order valence-corrected chi connectivity index (χ4v) is 3.47. The van der Waals surface area contributed by atoms with E-state index in [4.69, 9.17) is 13.9 Å². The first-order chi connectivity index (χ1) is 13.1. The van der Waals surface area contributed by atoms with Crippen molar-refractivity contribution < 1.29 is 13.9 Å². The Morgan fingerprint density at radius 2 is 1.70 bits per heavy atom. The number of hydrogen-bond donors (Lipinski definition) is 0. The normalized spacial score (nSPS) is 13.3. The average molecular weight is 365 g/mol. The van der Waals surface area contributed by atoms with Gasteiger partial charge >= 0.3 is 5.63 Å². The van der Waals surface area contributed by atoms with Crippen molar-refractivity contribution in [1.29, 1.82) is 0 Å². The third kappa shape index (κ3) is 3.83. The number of ether oxygens (including phenoxy) is 2. The summed E-state index contributed by atoms with van der Waals surface area (Å²) in [6.45, 7) is 4.66. The molecule has 5 heteroatoms. The van der Waals surface area contributed by atoms with Crippen LogP contribution in [-0.4, -0.2) is 25.2 Å². The molecule has 0 saturated heterocycles. The molecule has 4 rings (SSSR count). The van der Waals surface area contributed by atoms with Crippen LogP contribution in [0.1, 0.15) is 23.6 Å². The Balaban J connectivity index is 1.56. The standard InChI is InChI=1S/C22H23NO4/c1-3-15-4-6-18-17(12-22(24)27-20(18)10-15)14-23(2)13-16-5-7-19-21(11-16)26-9-8-25-19/h4-7,10-12H,3,8-9,13-14H2,1-2H3. The zero-order valence-electron chi connectivity index (χ0n) is 15.7. The van der Waals surface area contributed by atoms with Gasteiger partial charge in [0.1, 0.15) is 18.8 Å². The Morgan fingerprint density at radius 3 is 2.52 bits per heavy atom. The number of hydrogen-bond acceptors (Lipinski definition) is 5. The maximum atomic E-state index is 12.0. The van der Waals surface area contributed by atoms with Gasteiger partial charge in [0.25, 0.3) is 0 Å². The lowest BCUT2D eigenvalue weighted by molar-refractivity contribution is 0.171. The molecule has 140 valence electrons. The highest BCUT2D eigenvalue weighted by Gasteiger charge is 2.13. The molecule has 0 N–H and O–H groups in total. The lowest BCUT2D eigenvalue weighted by Gasteiger charge is -2.21. The van der Waals surface area contributed by atoms with Crippen molar-refractivity contribution in [3.05, 3.63) is 69.6 Å². The minimum Gasteiger partial charge on any atom is -0.486 e. The fraction of sp³-hybridized carbons (Fsp3) is 0.318. The Kier molecular flexibility index (Phi) is 4.86. The second-order valence-corrected chi connectivity index (χ2v) is 6.93. The van der Waals surface area contributed by atoms with Crippen LogP contribution in [0.3, 0.4) is 0 Å². The SMILES string of the molecule is CCc1ccc2c(CN(C)Cc3ccc4c(c3)OCCO4)cc(=O)oc2c1. The molecule has 1 aliphatic heterocycles. The molecule has 27 heavy (non-hydrogen) atoms. The number of rotatable bonds is 5. The van der Waals surface area contributed by atoms with Crippen molar-refractivity contribution >= 4 is 11.0 Å². The zero-order chi connectivity index (χ0) is 18.8. The Bertz CT molecular complexity index is 1020. The van der Waals surface area contributed by atoms with Gasteiger partial charge in [-0.15, -0.1) is 0 Å². The molecule has 0 unspecified atom stereocenters. The molecular formula is C22H23NO4. The third-order valence-corrected chi connectivity index (χ3v) is 4.80. The van der Waals surface area contributed by atoms with Crippen LogP contribution in [0.4, 0.5) is 0 Å². The lowest BCUT2D eigenvalue weighted by Crippen LogP contribution is -2.19. The summed E-state index contributed by atoms with van der Waals surface area (Å²) in [6.07, 6.45) is 0.911. The first-order valence-corrected chi connectivity index (χ1v) is 9.25. The van der Waals surface area contributed by atoms with Crippen molar-refractivity contribution in [2.45, 2.75) is 26.4 Å². The minimum atomic E-state index is -0.307. The van der Waals surface area contributed by atoms with E-state index in [1.54, 1.807) is 6.07 Å². The average Bonchev–Trinajstić information content (AvgIpc) is 2.67. The van der Waals surface area contributed by atoms with Crippen LogP contribution in [0.2, 0.25) is 0 Å². The molecule has 0 radical (unpaired) electrons. The Labute approximate surface area is 158 Å². The molecule has 0 bridgehead atoms. The van der Waals surface area contributed by atoms with E-state index >= 15 is 0 Å². The highest BCUT2D eigenvalue weighted by atomic mass is 16.6. The maximum Gasteiger partial charge on any atom is 0.336 e. The second kappa shape index (κ2) is 7.45. The van der Waals surface area contributed by atoms with Crippen LogP contribution >= 0.6 is 0 Å². The van der Waals surface area contributed by atoms with Crippen LogP contribution in [-0.2, 0) is 19.5 Å². The van der Waals surface area contributed by atoms with Gasteiger partial charge in [-0.1, -0.05) is 25.1 Å². The van der Waals surface area contributed by atoms with Crippen molar-refractivity contribution in [2.75, 3.05) is 20.3 Å². The molecule has 2 heterocycles. The van der Waals surface area contributed by atoms with Gasteiger partial charge in [0.15, 0.2) is 11.5 Å². The fourth-order valence-electron chi connectivity index (χ4n) is 3.47. The molecule has 0 fully saturated rings. The molecule has 2 aromatic carbocycles. The van der Waals surface area contributed by atoms with E-state index in [0.717, 1.165) is 46.5 Å². The monoisotopic (exact) mass is 365 g/mol. The smallest absolute Gasteiger partial charge is 0.336 e. The third-order valence-electron chi connectivity index (χ3n) is 4.80. The molecule has 1 aromatic heterocycles. The van der Waals surface area contributed by atoms with Gasteiger partial charge < -0.3 is 13.9 Å². The molecule has 0 spiro atoms. The van der Waals surface area contributed by atoms with Crippen LogP contribution in [0.5, 0.6) is 11.5 Å². The highest BCUT2D eigenvalue weighted by Crippen LogP contribution is 2.31. The van der Waals surface area contributed by atoms with Crippen LogP contribution in [0, 0.1) is 0 Å². The summed E-state index contributed by atoms with van der Waals surface area (Å²) in [7, 11) is 2.04. The summed E-state index contributed by atoms with van der Waals surface area (Å²) in [6, 6.07) is 13.7. The number of fused-ring (bicyclic) bond motifs is 2. The first kappa shape index (κ1) is 17.6. The molecule has 0 saturated carbocycles. The second-order valence-electron chi connectivity index (χ2n) is 6.93. The van der Waals surface area contributed by atoms with E-state index in [0.29, 0.717) is 25.3 Å². The van der Waals surface area contributed by atoms with Crippen molar-refractivity contribution in [3.8, 4) is 11.5 Å². The molecule has 1 aliphatic rings. The number of nitrogens with zero attached hydrogens (tertiary/aromatic N) is 1. The molecule has 0 amide bonds. The molecular weight excluding hydrogens is 342 g/mol. The highest BCUT2D eigenvalue weighted by molar-refractivity contribution is 5.80. The quantitative estimate of drug-likeness (QED) is 0.645. The molecule has 0 atom stereocenters. The predicted molar refractivity (Wildman–Crippen MR) is 104 cm³/mol. The van der Waals surface area contributed by atoms with Gasteiger partial charge in [-0.2, -0.15) is 0 Å². The van der Waals surface area contributed by atoms with E-state index in [2.05, 4.69) is 24.0 Å². The van der Waals surface area contributed by atoms with Gasteiger partial charge in [-0.3, -0.25) is 4.90 Å². The maximum absolute atomic E-state index is 12.0. The van der Waals surface area contributed by atoms with Crippen molar-refractivity contribution in [1.82, 2.24) is 4.90 Å². The van der Waals surface area contributed by atoms with Gasteiger partial charge in [0.05, 0.1) is 0 Å². The summed E-state index contributed by atoms with van der Waals surface area (Å²) >= 11 is 0. The summed E-state index contributed by atoms with van der Waals surface area (Å²) in [5.41, 5.74) is 3.63. The Hall–Kier alpha value is -2.79. The van der Waals surface area contributed by atoms with Crippen molar-refractivity contribution in [3.63, 3.8) is 0 Å². The van der Waals surface area contributed by atoms with E-state index < -0.39 is 0 Å². The van der Waals surface area contributed by atoms with E-state index in [-0.39, 0.29) is 5.63 Å². The van der Waals surface area contributed by atoms with E-state index in [1.807, 2.05) is 31.3 Å². The van der Waals surface area contributed by atoms with Gasteiger partial charge in [0.2, 0.25) is 0 Å². The molecule has 0 aliphatic carbocycles. The summed E-state index contributed by atoms with van der Waals surface area (Å²) in [5, 5.41) is 0.987. The van der Waals surface area contributed by atoms with Gasteiger partial charge in [-0.05, 0) is 48.4 Å². The van der Waals surface area contributed by atoms with Crippen LogP contribution in [0.25, 0.3) is 11.0 Å². The predicted octanol–water partition coefficient (Wildman–Crippen LogP) is 3.76. The summed E-state index contributed by atoms with van der Waals surface area (Å²) < 4.78 is 16.6.